The maximum atomic E-state index is 9.04. The van der Waals surface area contributed by atoms with Crippen molar-refractivity contribution in [1.82, 2.24) is 9.97 Å². The number of aryl methyl sites for hydroxylation is 2. The highest BCUT2D eigenvalue weighted by Gasteiger charge is 2.11. The minimum atomic E-state index is 0.270. The number of nitrogens with two attached hydrogens (primary N) is 1. The summed E-state index contributed by atoms with van der Waals surface area (Å²) in [5.74, 6) is 1.06. The number of nitrogens with zero attached hydrogens (tertiary/aromatic N) is 3. The maximum absolute atomic E-state index is 9.04. The highest BCUT2D eigenvalue weighted by atomic mass is 32.2. The number of thioether (sulfide) groups is 1. The molecular weight excluding hydrogens is 268 g/mol. The number of anilines is 1. The molecule has 2 rings (SSSR count). The predicted molar refractivity (Wildman–Crippen MR) is 81.3 cm³/mol. The molecule has 2 aromatic rings. The highest BCUT2D eigenvalue weighted by Crippen LogP contribution is 2.23. The Kier molecular flexibility index (Phi) is 4.59. The van der Waals surface area contributed by atoms with E-state index in [1.807, 2.05) is 13.0 Å². The Hall–Kier alpha value is -2.06. The zero-order valence-corrected chi connectivity index (χ0v) is 12.4. The summed E-state index contributed by atoms with van der Waals surface area (Å²) in [6.07, 6.45) is 0.674. The topological polar surface area (TPSA) is 75.6 Å². The largest absolute Gasteiger partial charge is 0.382 e. The van der Waals surface area contributed by atoms with Crippen LogP contribution in [-0.2, 0) is 12.2 Å². The van der Waals surface area contributed by atoms with Gasteiger partial charge in [-0.2, -0.15) is 5.26 Å². The zero-order chi connectivity index (χ0) is 14.5. The highest BCUT2D eigenvalue weighted by molar-refractivity contribution is 7.98. The van der Waals surface area contributed by atoms with Crippen molar-refractivity contribution in [3.05, 3.63) is 46.6 Å². The van der Waals surface area contributed by atoms with Crippen molar-refractivity contribution in [3.8, 4) is 6.07 Å². The van der Waals surface area contributed by atoms with Crippen LogP contribution in [0.15, 0.2) is 29.4 Å². The van der Waals surface area contributed by atoms with E-state index in [-0.39, 0.29) is 5.82 Å². The van der Waals surface area contributed by atoms with Gasteiger partial charge in [-0.15, -0.1) is 0 Å². The van der Waals surface area contributed by atoms with E-state index >= 15 is 0 Å². The van der Waals surface area contributed by atoms with Gasteiger partial charge in [-0.25, -0.2) is 9.97 Å². The molecule has 1 heterocycles. The van der Waals surface area contributed by atoms with Crippen molar-refractivity contribution in [2.45, 2.75) is 31.2 Å². The molecule has 0 amide bonds. The minimum absolute atomic E-state index is 0.270. The Morgan fingerprint density at radius 1 is 1.35 bits per heavy atom. The van der Waals surface area contributed by atoms with Gasteiger partial charge < -0.3 is 5.73 Å². The molecule has 0 spiro atoms. The first kappa shape index (κ1) is 14.4. The van der Waals surface area contributed by atoms with Gasteiger partial charge in [0.15, 0.2) is 5.16 Å². The van der Waals surface area contributed by atoms with Gasteiger partial charge in [0.05, 0.1) is 5.69 Å². The van der Waals surface area contributed by atoms with Crippen molar-refractivity contribution in [3.63, 3.8) is 0 Å². The fraction of sp³-hybridized carbons (Fsp3) is 0.267. The Morgan fingerprint density at radius 2 is 2.15 bits per heavy atom. The van der Waals surface area contributed by atoms with Crippen LogP contribution in [0.1, 0.15) is 29.3 Å². The zero-order valence-electron chi connectivity index (χ0n) is 11.6. The lowest BCUT2D eigenvalue weighted by molar-refractivity contribution is 0.888. The van der Waals surface area contributed by atoms with Gasteiger partial charge in [-0.3, -0.25) is 0 Å². The molecule has 0 bridgehead atoms. The lowest BCUT2D eigenvalue weighted by Crippen LogP contribution is -2.04. The summed E-state index contributed by atoms with van der Waals surface area (Å²) in [6.45, 7) is 4.02. The van der Waals surface area contributed by atoms with E-state index in [4.69, 9.17) is 11.0 Å². The third kappa shape index (κ3) is 3.28. The lowest BCUT2D eigenvalue weighted by atomic mass is 10.2. The summed E-state index contributed by atoms with van der Waals surface area (Å²) in [4.78, 5) is 8.61. The molecule has 0 aliphatic carbocycles. The molecular formula is C15H16N4S. The quantitative estimate of drug-likeness (QED) is 0.689. The SMILES string of the molecule is CCc1nc(SCc2cccc(C)c2)nc(N)c1C#N. The number of rotatable bonds is 4. The van der Waals surface area contributed by atoms with Crippen LogP contribution in [0, 0.1) is 18.3 Å². The summed E-state index contributed by atoms with van der Waals surface area (Å²) in [6, 6.07) is 10.4. The summed E-state index contributed by atoms with van der Waals surface area (Å²) >= 11 is 1.53. The second-order valence-corrected chi connectivity index (χ2v) is 5.40. The molecule has 0 aliphatic rings. The van der Waals surface area contributed by atoms with Gasteiger partial charge in [0.2, 0.25) is 0 Å². The molecule has 0 aliphatic heterocycles. The number of nitrogen functional groups attached to an aromatic ring is 1. The maximum Gasteiger partial charge on any atom is 0.190 e. The fourth-order valence-corrected chi connectivity index (χ4v) is 2.71. The van der Waals surface area contributed by atoms with E-state index in [2.05, 4.69) is 41.2 Å². The van der Waals surface area contributed by atoms with Crippen LogP contribution in [0.5, 0.6) is 0 Å². The Labute approximate surface area is 123 Å². The van der Waals surface area contributed by atoms with Crippen LogP contribution in [0.2, 0.25) is 0 Å². The summed E-state index contributed by atoms with van der Waals surface area (Å²) in [5, 5.41) is 9.67. The monoisotopic (exact) mass is 284 g/mol. The molecule has 20 heavy (non-hydrogen) atoms. The number of hydrogen-bond acceptors (Lipinski definition) is 5. The molecule has 0 saturated heterocycles. The molecule has 4 nitrogen and oxygen atoms in total. The van der Waals surface area contributed by atoms with Crippen LogP contribution in [0.25, 0.3) is 0 Å². The smallest absolute Gasteiger partial charge is 0.190 e. The normalized spacial score (nSPS) is 10.2. The second kappa shape index (κ2) is 6.40. The molecule has 0 atom stereocenters. The van der Waals surface area contributed by atoms with E-state index < -0.39 is 0 Å². The molecule has 1 aromatic heterocycles. The van der Waals surface area contributed by atoms with Gasteiger partial charge in [0.1, 0.15) is 17.5 Å². The molecule has 0 saturated carbocycles. The number of hydrogen-bond donors (Lipinski definition) is 1. The fourth-order valence-electron chi connectivity index (χ4n) is 1.90. The van der Waals surface area contributed by atoms with Crippen molar-refractivity contribution in [2.24, 2.45) is 0 Å². The van der Waals surface area contributed by atoms with Gasteiger partial charge in [0.25, 0.3) is 0 Å². The molecule has 1 aromatic carbocycles. The van der Waals surface area contributed by atoms with Gasteiger partial charge >= 0.3 is 0 Å². The Bertz CT molecular complexity index is 661. The average Bonchev–Trinajstić information content (AvgIpc) is 2.44. The van der Waals surface area contributed by atoms with Crippen molar-refractivity contribution in [2.75, 3.05) is 5.73 Å². The third-order valence-electron chi connectivity index (χ3n) is 2.89. The minimum Gasteiger partial charge on any atom is -0.382 e. The summed E-state index contributed by atoms with van der Waals surface area (Å²) in [5.41, 5.74) is 9.38. The van der Waals surface area contributed by atoms with Crippen molar-refractivity contribution >= 4 is 17.6 Å². The lowest BCUT2D eigenvalue weighted by Gasteiger charge is -2.07. The second-order valence-electron chi connectivity index (χ2n) is 4.46. The van der Waals surface area contributed by atoms with Gasteiger partial charge in [-0.1, -0.05) is 48.5 Å². The van der Waals surface area contributed by atoms with Crippen LogP contribution in [-0.4, -0.2) is 9.97 Å². The molecule has 0 unspecified atom stereocenters. The van der Waals surface area contributed by atoms with Crippen LogP contribution < -0.4 is 5.73 Å². The Morgan fingerprint density at radius 3 is 2.80 bits per heavy atom. The summed E-state index contributed by atoms with van der Waals surface area (Å²) < 4.78 is 0. The number of nitriles is 1. The molecule has 2 N–H and O–H groups in total. The van der Waals surface area contributed by atoms with E-state index in [0.29, 0.717) is 22.8 Å². The van der Waals surface area contributed by atoms with Crippen LogP contribution in [0.3, 0.4) is 0 Å². The van der Waals surface area contributed by atoms with Gasteiger partial charge in [0, 0.05) is 5.75 Å². The van der Waals surface area contributed by atoms with Crippen molar-refractivity contribution in [1.29, 1.82) is 5.26 Å². The van der Waals surface area contributed by atoms with E-state index in [1.54, 1.807) is 0 Å². The molecule has 102 valence electrons. The first-order valence-electron chi connectivity index (χ1n) is 6.39. The average molecular weight is 284 g/mol. The van der Waals surface area contributed by atoms with E-state index in [9.17, 15) is 0 Å². The standard InChI is InChI=1S/C15H16N4S/c1-3-13-12(8-16)14(17)19-15(18-13)20-9-11-6-4-5-10(2)7-11/h4-7H,3,9H2,1-2H3,(H2,17,18,19). The van der Waals surface area contributed by atoms with Gasteiger partial charge in [-0.05, 0) is 18.9 Å². The van der Waals surface area contributed by atoms with Crippen LogP contribution >= 0.6 is 11.8 Å². The van der Waals surface area contributed by atoms with Crippen molar-refractivity contribution < 1.29 is 0 Å². The molecule has 5 heteroatoms. The van der Waals surface area contributed by atoms with E-state index in [0.717, 1.165) is 5.75 Å². The first-order valence-corrected chi connectivity index (χ1v) is 7.37. The molecule has 0 fully saturated rings. The first-order chi connectivity index (χ1) is 9.63. The number of aromatic nitrogens is 2. The molecule has 0 radical (unpaired) electrons. The van der Waals surface area contributed by atoms with Crippen LogP contribution in [0.4, 0.5) is 5.82 Å². The Balaban J connectivity index is 2.18. The predicted octanol–water partition coefficient (Wildman–Crippen LogP) is 3.09. The van der Waals surface area contributed by atoms with E-state index in [1.165, 1.54) is 22.9 Å². The summed E-state index contributed by atoms with van der Waals surface area (Å²) in [7, 11) is 0. The third-order valence-corrected chi connectivity index (χ3v) is 3.81. The number of benzene rings is 1.